The predicted molar refractivity (Wildman–Crippen MR) is 84.8 cm³/mol. The van der Waals surface area contributed by atoms with Crippen molar-refractivity contribution in [1.82, 2.24) is 4.90 Å². The van der Waals surface area contributed by atoms with Crippen LogP contribution in [-0.4, -0.2) is 51.2 Å². The van der Waals surface area contributed by atoms with Gasteiger partial charge in [-0.05, 0) is 42.9 Å². The summed E-state index contributed by atoms with van der Waals surface area (Å²) in [5.41, 5.74) is 4.36. The molecule has 1 atom stereocenters. The standard InChI is InChI=1S/C17H25N3/c1-18(2)15-6-5-14-9-16-12-20(17(14)10-15)8-7-19(16)11-13-3-4-13/h5-6,10,13,16H,3-4,7-9,11-12H2,1-2H3. The van der Waals surface area contributed by atoms with Crippen molar-refractivity contribution in [3.8, 4) is 0 Å². The lowest BCUT2D eigenvalue weighted by Crippen LogP contribution is -2.57. The van der Waals surface area contributed by atoms with E-state index in [9.17, 15) is 0 Å². The van der Waals surface area contributed by atoms with Crippen LogP contribution in [0, 0.1) is 5.92 Å². The van der Waals surface area contributed by atoms with E-state index in [0.717, 1.165) is 12.0 Å². The molecular formula is C17H25N3. The first-order valence-electron chi connectivity index (χ1n) is 8.00. The summed E-state index contributed by atoms with van der Waals surface area (Å²) in [4.78, 5) is 7.58. The van der Waals surface area contributed by atoms with Crippen molar-refractivity contribution in [2.24, 2.45) is 5.92 Å². The maximum absolute atomic E-state index is 2.76. The fraction of sp³-hybridized carbons (Fsp3) is 0.647. The van der Waals surface area contributed by atoms with Crippen LogP contribution in [0.2, 0.25) is 0 Å². The highest BCUT2D eigenvalue weighted by molar-refractivity contribution is 5.65. The zero-order valence-corrected chi connectivity index (χ0v) is 12.7. The van der Waals surface area contributed by atoms with Crippen LogP contribution < -0.4 is 9.80 Å². The summed E-state index contributed by atoms with van der Waals surface area (Å²) in [7, 11) is 4.25. The maximum atomic E-state index is 2.76. The third-order valence-corrected chi connectivity index (χ3v) is 5.18. The zero-order chi connectivity index (χ0) is 13.7. The van der Waals surface area contributed by atoms with E-state index in [0.29, 0.717) is 0 Å². The molecule has 1 aromatic carbocycles. The SMILES string of the molecule is CN(C)c1ccc2c(c1)N1CCN(CC3CC3)C(C2)C1. The Morgan fingerprint density at radius 3 is 2.80 bits per heavy atom. The molecule has 1 aromatic rings. The first-order chi connectivity index (χ1) is 9.70. The highest BCUT2D eigenvalue weighted by Gasteiger charge is 2.35. The zero-order valence-electron chi connectivity index (χ0n) is 12.7. The molecule has 3 aliphatic rings. The van der Waals surface area contributed by atoms with E-state index in [1.807, 2.05) is 0 Å². The van der Waals surface area contributed by atoms with Crippen LogP contribution in [0.15, 0.2) is 18.2 Å². The number of hydrogen-bond acceptors (Lipinski definition) is 3. The predicted octanol–water partition coefficient (Wildman–Crippen LogP) is 2.21. The van der Waals surface area contributed by atoms with Gasteiger partial charge in [0, 0.05) is 57.7 Å². The normalized spacial score (nSPS) is 25.5. The van der Waals surface area contributed by atoms with E-state index in [4.69, 9.17) is 0 Å². The molecule has 108 valence electrons. The third-order valence-electron chi connectivity index (χ3n) is 5.18. The molecule has 2 heterocycles. The Bertz CT molecular complexity index is 507. The molecule has 2 bridgehead atoms. The minimum atomic E-state index is 0.752. The number of fused-ring (bicyclic) bond motifs is 4. The van der Waals surface area contributed by atoms with Crippen molar-refractivity contribution < 1.29 is 0 Å². The van der Waals surface area contributed by atoms with Crippen LogP contribution in [-0.2, 0) is 6.42 Å². The second-order valence-electron chi connectivity index (χ2n) is 6.95. The lowest BCUT2D eigenvalue weighted by molar-refractivity contribution is 0.162. The molecule has 2 fully saturated rings. The van der Waals surface area contributed by atoms with Gasteiger partial charge in [-0.3, -0.25) is 4.90 Å². The number of nitrogens with zero attached hydrogens (tertiary/aromatic N) is 3. The van der Waals surface area contributed by atoms with Gasteiger partial charge in [0.2, 0.25) is 0 Å². The van der Waals surface area contributed by atoms with Crippen LogP contribution in [0.4, 0.5) is 11.4 Å². The van der Waals surface area contributed by atoms with E-state index in [1.165, 1.54) is 56.8 Å². The number of benzene rings is 1. The molecule has 4 rings (SSSR count). The quantitative estimate of drug-likeness (QED) is 0.834. The van der Waals surface area contributed by atoms with Gasteiger partial charge in [0.15, 0.2) is 0 Å². The Hall–Kier alpha value is -1.22. The van der Waals surface area contributed by atoms with Crippen molar-refractivity contribution in [1.29, 1.82) is 0 Å². The Labute approximate surface area is 122 Å². The number of hydrogen-bond donors (Lipinski definition) is 0. The van der Waals surface area contributed by atoms with Crippen LogP contribution in [0.1, 0.15) is 18.4 Å². The van der Waals surface area contributed by atoms with Gasteiger partial charge in [-0.15, -0.1) is 0 Å². The van der Waals surface area contributed by atoms with Crippen molar-refractivity contribution in [2.45, 2.75) is 25.3 Å². The lowest BCUT2D eigenvalue weighted by Gasteiger charge is -2.47. The number of piperazine rings is 1. The molecule has 0 radical (unpaired) electrons. The molecule has 20 heavy (non-hydrogen) atoms. The van der Waals surface area contributed by atoms with E-state index < -0.39 is 0 Å². The van der Waals surface area contributed by atoms with Gasteiger partial charge in [-0.2, -0.15) is 0 Å². The van der Waals surface area contributed by atoms with Crippen LogP contribution in [0.3, 0.4) is 0 Å². The highest BCUT2D eigenvalue weighted by Crippen LogP contribution is 2.36. The summed E-state index contributed by atoms with van der Waals surface area (Å²) in [5, 5.41) is 0. The van der Waals surface area contributed by atoms with Gasteiger partial charge in [0.25, 0.3) is 0 Å². The van der Waals surface area contributed by atoms with Crippen LogP contribution in [0.25, 0.3) is 0 Å². The number of rotatable bonds is 3. The van der Waals surface area contributed by atoms with Gasteiger partial charge in [0.1, 0.15) is 0 Å². The molecule has 0 spiro atoms. The smallest absolute Gasteiger partial charge is 0.0421 e. The minimum absolute atomic E-state index is 0.752. The van der Waals surface area contributed by atoms with Crippen molar-refractivity contribution >= 4 is 11.4 Å². The van der Waals surface area contributed by atoms with E-state index >= 15 is 0 Å². The van der Waals surface area contributed by atoms with Crippen LogP contribution >= 0.6 is 0 Å². The average Bonchev–Trinajstić information content (AvgIpc) is 3.25. The second-order valence-corrected chi connectivity index (χ2v) is 6.95. The first kappa shape index (κ1) is 12.5. The monoisotopic (exact) mass is 271 g/mol. The average molecular weight is 271 g/mol. The summed E-state index contributed by atoms with van der Waals surface area (Å²) < 4.78 is 0. The lowest BCUT2D eigenvalue weighted by atomic mass is 9.94. The third kappa shape index (κ3) is 2.18. The van der Waals surface area contributed by atoms with E-state index in [2.05, 4.69) is 47.0 Å². The Morgan fingerprint density at radius 2 is 2.05 bits per heavy atom. The van der Waals surface area contributed by atoms with Crippen molar-refractivity contribution in [3.63, 3.8) is 0 Å². The van der Waals surface area contributed by atoms with Gasteiger partial charge < -0.3 is 9.80 Å². The number of anilines is 2. The molecule has 0 N–H and O–H groups in total. The van der Waals surface area contributed by atoms with Gasteiger partial charge >= 0.3 is 0 Å². The molecule has 1 unspecified atom stereocenters. The first-order valence-corrected chi connectivity index (χ1v) is 8.00. The topological polar surface area (TPSA) is 9.72 Å². The Morgan fingerprint density at radius 1 is 1.20 bits per heavy atom. The molecule has 2 aliphatic heterocycles. The molecule has 3 heteroatoms. The molecule has 1 aliphatic carbocycles. The van der Waals surface area contributed by atoms with E-state index in [1.54, 1.807) is 5.56 Å². The maximum Gasteiger partial charge on any atom is 0.0421 e. The largest absolute Gasteiger partial charge is 0.378 e. The summed E-state index contributed by atoms with van der Waals surface area (Å²) in [6, 6.07) is 7.75. The fourth-order valence-electron chi connectivity index (χ4n) is 3.73. The molecule has 3 nitrogen and oxygen atoms in total. The molecular weight excluding hydrogens is 246 g/mol. The van der Waals surface area contributed by atoms with Crippen molar-refractivity contribution in [3.05, 3.63) is 23.8 Å². The van der Waals surface area contributed by atoms with Crippen molar-refractivity contribution in [2.75, 3.05) is 50.1 Å². The second kappa shape index (κ2) is 4.66. The fourth-order valence-corrected chi connectivity index (χ4v) is 3.73. The molecule has 0 aromatic heterocycles. The highest BCUT2D eigenvalue weighted by atomic mass is 15.3. The molecule has 1 saturated heterocycles. The summed E-state index contributed by atoms with van der Waals surface area (Å²) >= 11 is 0. The minimum Gasteiger partial charge on any atom is -0.378 e. The Balaban J connectivity index is 1.58. The molecule has 0 amide bonds. The van der Waals surface area contributed by atoms with Gasteiger partial charge in [-0.1, -0.05) is 6.07 Å². The van der Waals surface area contributed by atoms with E-state index in [-0.39, 0.29) is 0 Å². The summed E-state index contributed by atoms with van der Waals surface area (Å²) in [6.07, 6.45) is 4.18. The van der Waals surface area contributed by atoms with Gasteiger partial charge in [0.05, 0.1) is 0 Å². The van der Waals surface area contributed by atoms with Gasteiger partial charge in [-0.25, -0.2) is 0 Å². The van der Waals surface area contributed by atoms with Crippen LogP contribution in [0.5, 0.6) is 0 Å². The summed E-state index contributed by atoms with van der Waals surface area (Å²) in [5.74, 6) is 1.01. The Kier molecular flexibility index (Phi) is 2.92. The summed E-state index contributed by atoms with van der Waals surface area (Å²) in [6.45, 7) is 5.04. The molecule has 1 saturated carbocycles.